The normalized spacial score (nSPS) is 12.6. The van der Waals surface area contributed by atoms with Gasteiger partial charge in [-0.1, -0.05) is 30.3 Å². The van der Waals surface area contributed by atoms with Crippen molar-refractivity contribution in [3.8, 4) is 0 Å². The van der Waals surface area contributed by atoms with Crippen LogP contribution in [0.3, 0.4) is 0 Å². The minimum atomic E-state index is 0.188. The third-order valence-corrected chi connectivity index (χ3v) is 3.82. The first-order valence-electron chi connectivity index (χ1n) is 7.07. The molecule has 1 heterocycles. The van der Waals surface area contributed by atoms with Crippen LogP contribution in [-0.4, -0.2) is 10.6 Å². The molecule has 0 amide bonds. The average molecular weight is 256 g/mol. The third-order valence-electron chi connectivity index (χ3n) is 3.82. The topological polar surface area (TPSA) is 30.9 Å². The van der Waals surface area contributed by atoms with E-state index < -0.39 is 0 Å². The summed E-state index contributed by atoms with van der Waals surface area (Å²) in [6.45, 7) is 7.59. The standard InChI is InChI=1S/C17H24N2/c1-4-19-13(2)10-16(14(19)3)12-17(18)11-15-8-6-5-7-9-15/h5-10,17H,4,11-12,18H2,1-3H3. The highest BCUT2D eigenvalue weighted by Crippen LogP contribution is 2.17. The first kappa shape index (κ1) is 13.9. The third kappa shape index (κ3) is 3.27. The van der Waals surface area contributed by atoms with E-state index in [1.807, 2.05) is 6.07 Å². The van der Waals surface area contributed by atoms with Gasteiger partial charge in [0.1, 0.15) is 0 Å². The van der Waals surface area contributed by atoms with Crippen LogP contribution in [-0.2, 0) is 19.4 Å². The lowest BCUT2D eigenvalue weighted by atomic mass is 10.00. The van der Waals surface area contributed by atoms with Crippen LogP contribution in [0.2, 0.25) is 0 Å². The van der Waals surface area contributed by atoms with Crippen LogP contribution < -0.4 is 5.73 Å². The number of nitrogens with two attached hydrogens (primary N) is 1. The quantitative estimate of drug-likeness (QED) is 0.874. The summed E-state index contributed by atoms with van der Waals surface area (Å²) in [6, 6.07) is 13.0. The molecule has 1 atom stereocenters. The predicted molar refractivity (Wildman–Crippen MR) is 81.4 cm³/mol. The van der Waals surface area contributed by atoms with Crippen molar-refractivity contribution >= 4 is 0 Å². The second-order valence-electron chi connectivity index (χ2n) is 5.29. The largest absolute Gasteiger partial charge is 0.349 e. The van der Waals surface area contributed by atoms with Crippen molar-refractivity contribution in [2.75, 3.05) is 0 Å². The molecule has 0 bridgehead atoms. The summed E-state index contributed by atoms with van der Waals surface area (Å²) in [7, 11) is 0. The maximum atomic E-state index is 6.30. The Morgan fingerprint density at radius 1 is 1.11 bits per heavy atom. The summed E-state index contributed by atoms with van der Waals surface area (Å²) >= 11 is 0. The summed E-state index contributed by atoms with van der Waals surface area (Å²) < 4.78 is 2.35. The van der Waals surface area contributed by atoms with Crippen LogP contribution in [0.25, 0.3) is 0 Å². The van der Waals surface area contributed by atoms with Gasteiger partial charge in [0.05, 0.1) is 0 Å². The Labute approximate surface area is 116 Å². The fourth-order valence-electron chi connectivity index (χ4n) is 2.84. The maximum Gasteiger partial charge on any atom is 0.0196 e. The van der Waals surface area contributed by atoms with Crippen LogP contribution >= 0.6 is 0 Å². The molecule has 0 saturated carbocycles. The van der Waals surface area contributed by atoms with E-state index in [1.165, 1.54) is 22.5 Å². The fourth-order valence-corrected chi connectivity index (χ4v) is 2.84. The van der Waals surface area contributed by atoms with Gasteiger partial charge >= 0.3 is 0 Å². The highest BCUT2D eigenvalue weighted by molar-refractivity contribution is 5.28. The van der Waals surface area contributed by atoms with Crippen molar-refractivity contribution in [2.24, 2.45) is 5.73 Å². The first-order valence-corrected chi connectivity index (χ1v) is 7.07. The van der Waals surface area contributed by atoms with E-state index in [1.54, 1.807) is 0 Å². The predicted octanol–water partition coefficient (Wildman–Crippen LogP) is 3.24. The first-order chi connectivity index (χ1) is 9.11. The molecule has 2 rings (SSSR count). The van der Waals surface area contributed by atoms with E-state index in [0.717, 1.165) is 19.4 Å². The zero-order valence-corrected chi connectivity index (χ0v) is 12.2. The molecule has 0 saturated heterocycles. The lowest BCUT2D eigenvalue weighted by molar-refractivity contribution is 0.655. The average Bonchev–Trinajstić information content (AvgIpc) is 2.65. The van der Waals surface area contributed by atoms with Gasteiger partial charge in [0.15, 0.2) is 0 Å². The number of hydrogen-bond donors (Lipinski definition) is 1. The van der Waals surface area contributed by atoms with Crippen LogP contribution in [0.15, 0.2) is 36.4 Å². The lowest BCUT2D eigenvalue weighted by Gasteiger charge is -2.12. The van der Waals surface area contributed by atoms with Gasteiger partial charge in [0, 0.05) is 24.0 Å². The van der Waals surface area contributed by atoms with E-state index >= 15 is 0 Å². The van der Waals surface area contributed by atoms with Crippen LogP contribution in [0.4, 0.5) is 0 Å². The lowest BCUT2D eigenvalue weighted by Crippen LogP contribution is -2.25. The van der Waals surface area contributed by atoms with Crippen LogP contribution in [0.5, 0.6) is 0 Å². The molecule has 1 aromatic heterocycles. The van der Waals surface area contributed by atoms with E-state index in [0.29, 0.717) is 0 Å². The molecule has 102 valence electrons. The zero-order chi connectivity index (χ0) is 13.8. The molecule has 0 aliphatic carbocycles. The van der Waals surface area contributed by atoms with Gasteiger partial charge in [-0.2, -0.15) is 0 Å². The molecule has 1 unspecified atom stereocenters. The molecular weight excluding hydrogens is 232 g/mol. The van der Waals surface area contributed by atoms with Gasteiger partial charge in [-0.15, -0.1) is 0 Å². The van der Waals surface area contributed by atoms with E-state index in [-0.39, 0.29) is 6.04 Å². The Morgan fingerprint density at radius 2 is 1.79 bits per heavy atom. The molecule has 0 fully saturated rings. The van der Waals surface area contributed by atoms with Gasteiger partial charge in [0.25, 0.3) is 0 Å². The minimum absolute atomic E-state index is 0.188. The number of nitrogens with zero attached hydrogens (tertiary/aromatic N) is 1. The highest BCUT2D eigenvalue weighted by atomic mass is 15.0. The summed E-state index contributed by atoms with van der Waals surface area (Å²) in [5.74, 6) is 0. The summed E-state index contributed by atoms with van der Waals surface area (Å²) in [4.78, 5) is 0. The Kier molecular flexibility index (Phi) is 4.43. The fraction of sp³-hybridized carbons (Fsp3) is 0.412. The molecule has 0 spiro atoms. The number of aromatic nitrogens is 1. The number of benzene rings is 1. The Bertz CT molecular complexity index is 526. The van der Waals surface area contributed by atoms with Crippen molar-refractivity contribution in [1.82, 2.24) is 4.57 Å². The van der Waals surface area contributed by atoms with Gasteiger partial charge in [-0.05, 0) is 50.8 Å². The van der Waals surface area contributed by atoms with Crippen molar-refractivity contribution in [2.45, 2.75) is 46.2 Å². The Hall–Kier alpha value is -1.54. The SMILES string of the molecule is CCn1c(C)cc(CC(N)Cc2ccccc2)c1C. The summed E-state index contributed by atoms with van der Waals surface area (Å²) in [5.41, 5.74) is 11.7. The van der Waals surface area contributed by atoms with Crippen LogP contribution in [0.1, 0.15) is 29.4 Å². The van der Waals surface area contributed by atoms with Gasteiger partial charge in [0.2, 0.25) is 0 Å². The molecule has 2 N–H and O–H groups in total. The molecule has 0 radical (unpaired) electrons. The summed E-state index contributed by atoms with van der Waals surface area (Å²) in [5, 5.41) is 0. The Balaban J connectivity index is 2.05. The van der Waals surface area contributed by atoms with E-state index in [9.17, 15) is 0 Å². The van der Waals surface area contributed by atoms with Gasteiger partial charge < -0.3 is 10.3 Å². The zero-order valence-electron chi connectivity index (χ0n) is 12.2. The molecule has 19 heavy (non-hydrogen) atoms. The number of rotatable bonds is 5. The van der Waals surface area contributed by atoms with Crippen LogP contribution in [0, 0.1) is 13.8 Å². The monoisotopic (exact) mass is 256 g/mol. The second kappa shape index (κ2) is 6.07. The van der Waals surface area contributed by atoms with Crippen molar-refractivity contribution in [1.29, 1.82) is 0 Å². The van der Waals surface area contributed by atoms with Gasteiger partial charge in [-0.3, -0.25) is 0 Å². The molecule has 2 nitrogen and oxygen atoms in total. The Morgan fingerprint density at radius 3 is 2.37 bits per heavy atom. The minimum Gasteiger partial charge on any atom is -0.349 e. The smallest absolute Gasteiger partial charge is 0.0196 e. The molecular formula is C17H24N2. The van der Waals surface area contributed by atoms with Crippen molar-refractivity contribution < 1.29 is 0 Å². The summed E-state index contributed by atoms with van der Waals surface area (Å²) in [6.07, 6.45) is 1.89. The van der Waals surface area contributed by atoms with Crippen molar-refractivity contribution in [3.63, 3.8) is 0 Å². The maximum absolute atomic E-state index is 6.30. The van der Waals surface area contributed by atoms with E-state index in [4.69, 9.17) is 5.73 Å². The van der Waals surface area contributed by atoms with Gasteiger partial charge in [-0.25, -0.2) is 0 Å². The molecule has 2 heteroatoms. The molecule has 0 aliphatic heterocycles. The highest BCUT2D eigenvalue weighted by Gasteiger charge is 2.12. The van der Waals surface area contributed by atoms with Crippen molar-refractivity contribution in [3.05, 3.63) is 58.9 Å². The molecule has 1 aromatic carbocycles. The molecule has 2 aromatic rings. The second-order valence-corrected chi connectivity index (χ2v) is 5.29. The number of aryl methyl sites for hydroxylation is 1. The van der Waals surface area contributed by atoms with E-state index in [2.05, 4.69) is 55.7 Å². The molecule has 0 aliphatic rings. The number of hydrogen-bond acceptors (Lipinski definition) is 1.